The third-order valence-corrected chi connectivity index (χ3v) is 6.41. The molecule has 2 aliphatic heterocycles. The maximum absolute atomic E-state index is 13.5. The molecule has 34 heavy (non-hydrogen) atoms. The fourth-order valence-electron chi connectivity index (χ4n) is 4.47. The number of carbonyl (C=O) groups excluding carboxylic acids is 3. The Morgan fingerprint density at radius 1 is 1.32 bits per heavy atom. The number of benzene rings is 1. The first-order chi connectivity index (χ1) is 16.1. The monoisotopic (exact) mass is 476 g/mol. The van der Waals surface area contributed by atoms with Crippen LogP contribution in [0.5, 0.6) is 0 Å². The zero-order valence-electron chi connectivity index (χ0n) is 20.2. The van der Waals surface area contributed by atoms with E-state index < -0.39 is 30.7 Å². The van der Waals surface area contributed by atoms with Gasteiger partial charge in [-0.3, -0.25) is 14.4 Å². The lowest BCUT2D eigenvalue weighted by molar-refractivity contribution is -0.188. The van der Waals surface area contributed by atoms with Crippen molar-refractivity contribution in [2.24, 2.45) is 5.92 Å². The molecule has 0 bridgehead atoms. The molecule has 3 amide bonds. The fourth-order valence-corrected chi connectivity index (χ4v) is 4.47. The van der Waals surface area contributed by atoms with Crippen LogP contribution < -0.4 is 16.4 Å². The van der Waals surface area contributed by atoms with Crippen molar-refractivity contribution in [3.8, 4) is 0 Å². The molecule has 188 valence electrons. The van der Waals surface area contributed by atoms with E-state index in [1.54, 1.807) is 32.0 Å². The smallest absolute Gasteiger partial charge is 0.252 e. The number of likely N-dealkylation sites (tertiary alicyclic amines) is 1. The van der Waals surface area contributed by atoms with E-state index in [9.17, 15) is 19.5 Å². The van der Waals surface area contributed by atoms with Crippen LogP contribution in [0.4, 0.5) is 5.69 Å². The lowest BCUT2D eigenvalue weighted by Crippen LogP contribution is -2.56. The van der Waals surface area contributed by atoms with Gasteiger partial charge in [-0.05, 0) is 50.3 Å². The summed E-state index contributed by atoms with van der Waals surface area (Å²) >= 11 is 0. The van der Waals surface area contributed by atoms with Gasteiger partial charge in [0, 0.05) is 30.8 Å². The van der Waals surface area contributed by atoms with E-state index in [4.69, 9.17) is 15.2 Å². The second kappa shape index (κ2) is 11.2. The summed E-state index contributed by atoms with van der Waals surface area (Å²) < 4.78 is 10.8. The zero-order valence-corrected chi connectivity index (χ0v) is 20.2. The normalized spacial score (nSPS) is 25.4. The maximum atomic E-state index is 13.5. The van der Waals surface area contributed by atoms with Gasteiger partial charge in [0.25, 0.3) is 5.91 Å². The van der Waals surface area contributed by atoms with Crippen LogP contribution in [0.2, 0.25) is 0 Å². The quantitative estimate of drug-likeness (QED) is 0.408. The summed E-state index contributed by atoms with van der Waals surface area (Å²) in [6, 6.07) is 3.11. The molecule has 2 fully saturated rings. The Morgan fingerprint density at radius 3 is 2.74 bits per heavy atom. The van der Waals surface area contributed by atoms with Crippen molar-refractivity contribution >= 4 is 23.4 Å². The topological polar surface area (TPSA) is 143 Å². The second-order valence-corrected chi connectivity index (χ2v) is 9.17. The third kappa shape index (κ3) is 5.68. The van der Waals surface area contributed by atoms with Gasteiger partial charge in [-0.25, -0.2) is 0 Å². The van der Waals surface area contributed by atoms with Crippen molar-refractivity contribution in [2.45, 2.75) is 77.7 Å². The number of anilines is 1. The maximum Gasteiger partial charge on any atom is 0.252 e. The van der Waals surface area contributed by atoms with Gasteiger partial charge in [0.1, 0.15) is 12.1 Å². The fraction of sp³-hybridized carbons (Fsp3) is 0.625. The number of nitrogens with two attached hydrogens (primary N) is 1. The molecule has 1 aromatic carbocycles. The Bertz CT molecular complexity index is 907. The SMILES string of the molecule is CCO[C@@H]1OC(O)C[C@@H]1NC(=O)[C@@H]1CCCN1C(=O)[C@@H](NC(=O)c1cccc(N)c1C)C(C)C. The number of ether oxygens (including phenoxy) is 2. The molecular weight excluding hydrogens is 440 g/mol. The number of rotatable bonds is 8. The number of nitrogens with zero attached hydrogens (tertiary/aromatic N) is 1. The van der Waals surface area contributed by atoms with Crippen LogP contribution in [0.3, 0.4) is 0 Å². The summed E-state index contributed by atoms with van der Waals surface area (Å²) in [4.78, 5) is 41.1. The number of carbonyl (C=O) groups is 3. The van der Waals surface area contributed by atoms with Gasteiger partial charge < -0.3 is 35.8 Å². The third-order valence-electron chi connectivity index (χ3n) is 6.41. The predicted molar refractivity (Wildman–Crippen MR) is 125 cm³/mol. The average molecular weight is 477 g/mol. The van der Waals surface area contributed by atoms with Gasteiger partial charge in [0.2, 0.25) is 11.8 Å². The van der Waals surface area contributed by atoms with Gasteiger partial charge in [-0.2, -0.15) is 0 Å². The van der Waals surface area contributed by atoms with Crippen LogP contribution in [0.25, 0.3) is 0 Å². The van der Waals surface area contributed by atoms with Crippen LogP contribution >= 0.6 is 0 Å². The molecule has 3 rings (SSSR count). The number of hydrogen-bond acceptors (Lipinski definition) is 7. The highest BCUT2D eigenvalue weighted by molar-refractivity contribution is 6.00. The summed E-state index contributed by atoms with van der Waals surface area (Å²) in [6.07, 6.45) is -0.352. The van der Waals surface area contributed by atoms with Gasteiger partial charge in [0.05, 0.1) is 6.04 Å². The highest BCUT2D eigenvalue weighted by Gasteiger charge is 2.42. The molecule has 0 saturated carbocycles. The molecule has 0 radical (unpaired) electrons. The molecule has 2 aliphatic rings. The lowest BCUT2D eigenvalue weighted by Gasteiger charge is -2.31. The Balaban J connectivity index is 1.70. The van der Waals surface area contributed by atoms with Gasteiger partial charge in [-0.1, -0.05) is 19.9 Å². The molecule has 5 N–H and O–H groups in total. The standard InChI is InChI=1S/C24H36N4O6/c1-5-33-24-17(12-19(29)34-24)26-22(31)18-10-7-11-28(18)23(32)20(13(2)3)27-21(30)15-8-6-9-16(25)14(15)4/h6,8-9,13,17-20,24,29H,5,7,10-12,25H2,1-4H3,(H,26,31)(H,27,30)/t17-,18-,19?,20-,24+/m0/s1. The Hall–Kier alpha value is -2.69. The molecule has 0 aliphatic carbocycles. The number of aliphatic hydroxyl groups is 1. The van der Waals surface area contributed by atoms with E-state index in [0.717, 1.165) is 0 Å². The van der Waals surface area contributed by atoms with Crippen molar-refractivity contribution in [3.63, 3.8) is 0 Å². The highest BCUT2D eigenvalue weighted by atomic mass is 16.7. The molecule has 10 nitrogen and oxygen atoms in total. The van der Waals surface area contributed by atoms with E-state index in [1.807, 2.05) is 13.8 Å². The number of aliphatic hydroxyl groups excluding tert-OH is 1. The molecule has 2 saturated heterocycles. The average Bonchev–Trinajstić information content (AvgIpc) is 3.40. The number of nitrogens with one attached hydrogen (secondary N) is 2. The minimum Gasteiger partial charge on any atom is -0.398 e. The van der Waals surface area contributed by atoms with Crippen molar-refractivity contribution in [3.05, 3.63) is 29.3 Å². The van der Waals surface area contributed by atoms with Crippen LogP contribution in [0.15, 0.2) is 18.2 Å². The van der Waals surface area contributed by atoms with E-state index >= 15 is 0 Å². The molecule has 2 heterocycles. The van der Waals surface area contributed by atoms with Crippen LogP contribution in [-0.4, -0.2) is 71.6 Å². The minimum atomic E-state index is -1.01. The molecule has 0 spiro atoms. The number of nitrogen functional groups attached to an aromatic ring is 1. The summed E-state index contributed by atoms with van der Waals surface area (Å²) in [5, 5.41) is 15.5. The minimum absolute atomic E-state index is 0.192. The van der Waals surface area contributed by atoms with Crippen molar-refractivity contribution in [2.75, 3.05) is 18.9 Å². The molecular formula is C24H36N4O6. The Morgan fingerprint density at radius 2 is 2.06 bits per heavy atom. The van der Waals surface area contributed by atoms with E-state index in [0.29, 0.717) is 42.8 Å². The Labute approximate surface area is 200 Å². The summed E-state index contributed by atoms with van der Waals surface area (Å²) in [6.45, 7) is 8.06. The van der Waals surface area contributed by atoms with Crippen LogP contribution in [0.1, 0.15) is 56.0 Å². The van der Waals surface area contributed by atoms with Gasteiger partial charge in [-0.15, -0.1) is 0 Å². The van der Waals surface area contributed by atoms with Crippen molar-refractivity contribution in [1.82, 2.24) is 15.5 Å². The van der Waals surface area contributed by atoms with E-state index in [2.05, 4.69) is 10.6 Å². The molecule has 10 heteroatoms. The first kappa shape index (κ1) is 25.9. The number of amides is 3. The first-order valence-electron chi connectivity index (χ1n) is 11.9. The van der Waals surface area contributed by atoms with Gasteiger partial charge >= 0.3 is 0 Å². The number of hydrogen-bond donors (Lipinski definition) is 4. The summed E-state index contributed by atoms with van der Waals surface area (Å²) in [5.41, 5.74) is 7.50. The van der Waals surface area contributed by atoms with E-state index in [1.165, 1.54) is 4.90 Å². The van der Waals surface area contributed by atoms with Crippen LogP contribution in [-0.2, 0) is 19.1 Å². The first-order valence-corrected chi connectivity index (χ1v) is 11.9. The lowest BCUT2D eigenvalue weighted by atomic mass is 10.00. The van der Waals surface area contributed by atoms with Crippen molar-refractivity contribution < 1.29 is 29.0 Å². The molecule has 0 aromatic heterocycles. The molecule has 1 aromatic rings. The van der Waals surface area contributed by atoms with Gasteiger partial charge in [0.15, 0.2) is 12.6 Å². The summed E-state index contributed by atoms with van der Waals surface area (Å²) in [7, 11) is 0. The predicted octanol–water partition coefficient (Wildman–Crippen LogP) is 0.909. The van der Waals surface area contributed by atoms with Crippen molar-refractivity contribution in [1.29, 1.82) is 0 Å². The van der Waals surface area contributed by atoms with Crippen LogP contribution in [0, 0.1) is 12.8 Å². The second-order valence-electron chi connectivity index (χ2n) is 9.17. The zero-order chi connectivity index (χ0) is 25.0. The largest absolute Gasteiger partial charge is 0.398 e. The summed E-state index contributed by atoms with van der Waals surface area (Å²) in [5.74, 6) is -1.19. The Kier molecular flexibility index (Phi) is 8.51. The molecule has 5 atom stereocenters. The van der Waals surface area contributed by atoms with E-state index in [-0.39, 0.29) is 30.1 Å². The highest BCUT2D eigenvalue weighted by Crippen LogP contribution is 2.24. The molecule has 1 unspecified atom stereocenters.